The van der Waals surface area contributed by atoms with Crippen molar-refractivity contribution in [1.29, 1.82) is 0 Å². The van der Waals surface area contributed by atoms with E-state index in [1.54, 1.807) is 55.1 Å². The Kier molecular flexibility index (Phi) is 6.40. The minimum absolute atomic E-state index is 0.269. The zero-order valence-electron chi connectivity index (χ0n) is 16.9. The third kappa shape index (κ3) is 4.88. The first-order chi connectivity index (χ1) is 14.0. The van der Waals surface area contributed by atoms with Crippen LogP contribution in [0, 0.1) is 6.92 Å². The summed E-state index contributed by atoms with van der Waals surface area (Å²) in [6.45, 7) is 3.03. The summed E-state index contributed by atoms with van der Waals surface area (Å²) in [5.41, 5.74) is 1.68. The zero-order valence-corrected chi connectivity index (χ0v) is 16.9. The van der Waals surface area contributed by atoms with Gasteiger partial charge in [-0.3, -0.25) is 4.79 Å². The Labute approximate surface area is 169 Å². The lowest BCUT2D eigenvalue weighted by molar-refractivity contribution is 0.102. The van der Waals surface area contributed by atoms with Crippen LogP contribution in [0.4, 0.5) is 5.69 Å². The van der Waals surface area contributed by atoms with E-state index in [1.165, 1.54) is 0 Å². The molecule has 0 saturated heterocycles. The zero-order chi connectivity index (χ0) is 20.8. The molecule has 0 fully saturated rings. The molecule has 1 aromatic heterocycles. The molecule has 1 heterocycles. The highest BCUT2D eigenvalue weighted by atomic mass is 16.5. The van der Waals surface area contributed by atoms with E-state index in [9.17, 15) is 4.79 Å². The van der Waals surface area contributed by atoms with Crippen LogP contribution in [-0.2, 0) is 0 Å². The van der Waals surface area contributed by atoms with Crippen molar-refractivity contribution in [3.8, 4) is 17.2 Å². The maximum absolute atomic E-state index is 12.9. The smallest absolute Gasteiger partial charge is 0.259 e. The number of hydrogen-bond acceptors (Lipinski definition) is 7. The van der Waals surface area contributed by atoms with Gasteiger partial charge in [0.05, 0.1) is 12.7 Å². The Morgan fingerprint density at radius 2 is 1.97 bits per heavy atom. The molecule has 9 heteroatoms. The summed E-state index contributed by atoms with van der Waals surface area (Å²) in [5, 5.41) is 14.4. The van der Waals surface area contributed by atoms with Crippen LogP contribution >= 0.6 is 0 Å². The van der Waals surface area contributed by atoms with Crippen molar-refractivity contribution in [3.63, 3.8) is 0 Å². The van der Waals surface area contributed by atoms with Gasteiger partial charge in [0.2, 0.25) is 0 Å². The molecule has 29 heavy (non-hydrogen) atoms. The molecule has 0 aliphatic rings. The molecule has 1 N–H and O–H groups in total. The van der Waals surface area contributed by atoms with Crippen LogP contribution in [0.15, 0.2) is 42.5 Å². The normalized spacial score (nSPS) is 10.8. The number of carbonyl (C=O) groups excluding carboxylic acids is 1. The van der Waals surface area contributed by atoms with Gasteiger partial charge in [-0.1, -0.05) is 12.1 Å². The molecule has 152 valence electrons. The summed E-state index contributed by atoms with van der Waals surface area (Å²) in [5.74, 6) is 1.46. The SMILES string of the molecule is COc1ccc(NC(=O)c2ccccc2OCCN(C)C)cc1-n1nnnc1C. The molecule has 0 bridgehead atoms. The van der Waals surface area contributed by atoms with Crippen LogP contribution < -0.4 is 14.8 Å². The van der Waals surface area contributed by atoms with E-state index < -0.39 is 0 Å². The van der Waals surface area contributed by atoms with E-state index >= 15 is 0 Å². The molecule has 0 radical (unpaired) electrons. The van der Waals surface area contributed by atoms with Crippen molar-refractivity contribution in [2.45, 2.75) is 6.92 Å². The maximum Gasteiger partial charge on any atom is 0.259 e. The first-order valence-electron chi connectivity index (χ1n) is 9.11. The van der Waals surface area contributed by atoms with Gasteiger partial charge in [-0.15, -0.1) is 5.10 Å². The number of tetrazole rings is 1. The fraction of sp³-hybridized carbons (Fsp3) is 0.300. The number of aryl methyl sites for hydroxylation is 1. The van der Waals surface area contributed by atoms with E-state index in [1.807, 2.05) is 25.1 Å². The second-order valence-electron chi connectivity index (χ2n) is 6.63. The van der Waals surface area contributed by atoms with Crippen LogP contribution in [-0.4, -0.2) is 65.4 Å². The van der Waals surface area contributed by atoms with Crippen molar-refractivity contribution >= 4 is 11.6 Å². The summed E-state index contributed by atoms with van der Waals surface area (Å²) >= 11 is 0. The Morgan fingerprint density at radius 3 is 2.66 bits per heavy atom. The Morgan fingerprint density at radius 1 is 1.17 bits per heavy atom. The van der Waals surface area contributed by atoms with Crippen LogP contribution in [0.5, 0.6) is 11.5 Å². The summed E-state index contributed by atoms with van der Waals surface area (Å²) in [6.07, 6.45) is 0. The number of rotatable bonds is 8. The van der Waals surface area contributed by atoms with Gasteiger partial charge < -0.3 is 19.7 Å². The standard InChI is InChI=1S/C20H24N6O3/c1-14-22-23-24-26(14)17-13-15(9-10-19(17)28-4)21-20(27)16-7-5-6-8-18(16)29-12-11-25(2)3/h5-10,13H,11-12H2,1-4H3,(H,21,27). The van der Waals surface area contributed by atoms with Gasteiger partial charge in [0.15, 0.2) is 5.82 Å². The number of ether oxygens (including phenoxy) is 2. The fourth-order valence-corrected chi connectivity index (χ4v) is 2.70. The fourth-order valence-electron chi connectivity index (χ4n) is 2.70. The van der Waals surface area contributed by atoms with Crippen molar-refractivity contribution in [3.05, 3.63) is 53.9 Å². The number of likely N-dealkylation sites (N-methyl/N-ethyl adjacent to an activating group) is 1. The average Bonchev–Trinajstić information content (AvgIpc) is 3.13. The number of aromatic nitrogens is 4. The minimum atomic E-state index is -0.269. The monoisotopic (exact) mass is 396 g/mol. The van der Waals surface area contributed by atoms with E-state index in [4.69, 9.17) is 9.47 Å². The first-order valence-corrected chi connectivity index (χ1v) is 9.11. The predicted octanol–water partition coefficient (Wildman–Crippen LogP) is 2.17. The predicted molar refractivity (Wildman–Crippen MR) is 109 cm³/mol. The van der Waals surface area contributed by atoms with E-state index in [2.05, 4.69) is 20.8 Å². The molecule has 0 aliphatic heterocycles. The summed E-state index contributed by atoms with van der Waals surface area (Å²) in [7, 11) is 5.50. The van der Waals surface area contributed by atoms with Gasteiger partial charge >= 0.3 is 0 Å². The Bertz CT molecular complexity index is 986. The van der Waals surface area contributed by atoms with Gasteiger partial charge in [0, 0.05) is 12.2 Å². The highest BCUT2D eigenvalue weighted by Gasteiger charge is 2.15. The van der Waals surface area contributed by atoms with Crippen molar-refractivity contribution in [2.24, 2.45) is 0 Å². The average molecular weight is 396 g/mol. The first kappa shape index (κ1) is 20.3. The number of anilines is 1. The summed E-state index contributed by atoms with van der Waals surface area (Å²) < 4.78 is 12.7. The molecule has 0 spiro atoms. The molecule has 0 saturated carbocycles. The van der Waals surface area contributed by atoms with Crippen molar-refractivity contribution in [1.82, 2.24) is 25.1 Å². The molecule has 3 rings (SSSR count). The number of para-hydroxylation sites is 1. The van der Waals surface area contributed by atoms with Crippen molar-refractivity contribution < 1.29 is 14.3 Å². The number of nitrogens with zero attached hydrogens (tertiary/aromatic N) is 5. The molecule has 2 aromatic carbocycles. The second-order valence-corrected chi connectivity index (χ2v) is 6.63. The second kappa shape index (κ2) is 9.16. The largest absolute Gasteiger partial charge is 0.494 e. The van der Waals surface area contributed by atoms with Crippen LogP contribution in [0.25, 0.3) is 5.69 Å². The molecule has 1 amide bonds. The lowest BCUT2D eigenvalue weighted by Crippen LogP contribution is -2.20. The highest BCUT2D eigenvalue weighted by Crippen LogP contribution is 2.27. The van der Waals surface area contributed by atoms with Gasteiger partial charge in [0.1, 0.15) is 23.8 Å². The number of hydrogen-bond donors (Lipinski definition) is 1. The quantitative estimate of drug-likeness (QED) is 0.623. The Hall–Kier alpha value is -3.46. The number of benzene rings is 2. The van der Waals surface area contributed by atoms with Crippen LogP contribution in [0.1, 0.15) is 16.2 Å². The molecular formula is C20H24N6O3. The van der Waals surface area contributed by atoms with Crippen molar-refractivity contribution in [2.75, 3.05) is 39.7 Å². The number of nitrogens with one attached hydrogen (secondary N) is 1. The van der Waals surface area contributed by atoms with E-state index in [-0.39, 0.29) is 5.91 Å². The number of methoxy groups -OCH3 is 1. The third-order valence-corrected chi connectivity index (χ3v) is 4.22. The summed E-state index contributed by atoms with van der Waals surface area (Å²) in [4.78, 5) is 14.9. The molecule has 0 aliphatic carbocycles. The lowest BCUT2D eigenvalue weighted by atomic mass is 10.1. The molecule has 0 atom stereocenters. The molecule has 9 nitrogen and oxygen atoms in total. The van der Waals surface area contributed by atoms with Gasteiger partial charge in [-0.25, -0.2) is 0 Å². The van der Waals surface area contributed by atoms with Gasteiger partial charge in [0.25, 0.3) is 5.91 Å². The Balaban J connectivity index is 1.82. The van der Waals surface area contributed by atoms with E-state index in [0.29, 0.717) is 40.9 Å². The maximum atomic E-state index is 12.9. The molecule has 3 aromatic rings. The molecule has 0 unspecified atom stereocenters. The van der Waals surface area contributed by atoms with Gasteiger partial charge in [-0.05, 0) is 61.8 Å². The topological polar surface area (TPSA) is 94.4 Å². The summed E-state index contributed by atoms with van der Waals surface area (Å²) in [6, 6.07) is 12.4. The van der Waals surface area contributed by atoms with Gasteiger partial charge in [-0.2, -0.15) is 4.68 Å². The number of carbonyl (C=O) groups is 1. The highest BCUT2D eigenvalue weighted by molar-refractivity contribution is 6.06. The van der Waals surface area contributed by atoms with E-state index in [0.717, 1.165) is 6.54 Å². The van der Waals surface area contributed by atoms with Crippen LogP contribution in [0.3, 0.4) is 0 Å². The van der Waals surface area contributed by atoms with Crippen LogP contribution in [0.2, 0.25) is 0 Å². The lowest BCUT2D eigenvalue weighted by Gasteiger charge is -2.15. The minimum Gasteiger partial charge on any atom is -0.494 e. The molecular weight excluding hydrogens is 372 g/mol. The third-order valence-electron chi connectivity index (χ3n) is 4.22. The number of amides is 1.